The van der Waals surface area contributed by atoms with Crippen molar-refractivity contribution in [2.45, 2.75) is 37.4 Å². The first-order valence-corrected chi connectivity index (χ1v) is 8.13. The summed E-state index contributed by atoms with van der Waals surface area (Å²) in [5.41, 5.74) is 6.04. The predicted molar refractivity (Wildman–Crippen MR) is 77.9 cm³/mol. The molecule has 1 unspecified atom stereocenters. The Balaban J connectivity index is 2.33. The summed E-state index contributed by atoms with van der Waals surface area (Å²) in [6.07, 6.45) is -0.265. The number of aryl methyl sites for hydroxylation is 1. The van der Waals surface area contributed by atoms with Gasteiger partial charge in [0.15, 0.2) is 0 Å². The predicted octanol–water partition coefficient (Wildman–Crippen LogP) is 1.12. The Hall–Kier alpha value is -0.950. The third kappa shape index (κ3) is 3.20. The van der Waals surface area contributed by atoms with Crippen LogP contribution in [0, 0.1) is 6.92 Å². The van der Waals surface area contributed by atoms with Crippen LogP contribution in [-0.4, -0.2) is 44.1 Å². The van der Waals surface area contributed by atoms with Crippen LogP contribution in [0.3, 0.4) is 0 Å². The summed E-state index contributed by atoms with van der Waals surface area (Å²) in [5.74, 6) is 0. The lowest BCUT2D eigenvalue weighted by Crippen LogP contribution is -2.56. The second-order valence-corrected chi connectivity index (χ2v) is 7.79. The molecule has 0 amide bonds. The van der Waals surface area contributed by atoms with Gasteiger partial charge in [0.2, 0.25) is 10.0 Å². The standard InChI is InChI=1S/C14H22N2O3S/c1-11-5-4-6-13(7-11)20(17,18)16-9-12(8-15)19-14(2,3)10-16/h4-7,12H,8-10,15H2,1-3H3. The Labute approximate surface area is 120 Å². The fourth-order valence-corrected chi connectivity index (χ4v) is 4.20. The first kappa shape index (κ1) is 15.4. The number of nitrogens with zero attached hydrogens (tertiary/aromatic N) is 1. The molecule has 1 heterocycles. The van der Waals surface area contributed by atoms with Crippen LogP contribution < -0.4 is 5.73 Å². The molecule has 1 aliphatic rings. The van der Waals surface area contributed by atoms with Gasteiger partial charge >= 0.3 is 0 Å². The van der Waals surface area contributed by atoms with Gasteiger partial charge in [-0.25, -0.2) is 8.42 Å². The molecule has 1 saturated heterocycles. The van der Waals surface area contributed by atoms with E-state index in [1.807, 2.05) is 26.8 Å². The van der Waals surface area contributed by atoms with Crippen molar-refractivity contribution in [3.05, 3.63) is 29.8 Å². The van der Waals surface area contributed by atoms with Crippen molar-refractivity contribution in [2.24, 2.45) is 5.73 Å². The van der Waals surface area contributed by atoms with Crippen molar-refractivity contribution in [2.75, 3.05) is 19.6 Å². The van der Waals surface area contributed by atoms with E-state index >= 15 is 0 Å². The highest BCUT2D eigenvalue weighted by Crippen LogP contribution is 2.26. The van der Waals surface area contributed by atoms with E-state index in [4.69, 9.17) is 10.5 Å². The second-order valence-electron chi connectivity index (χ2n) is 5.85. The summed E-state index contributed by atoms with van der Waals surface area (Å²) in [5, 5.41) is 0. The number of sulfonamides is 1. The molecule has 2 rings (SSSR count). The molecule has 112 valence electrons. The van der Waals surface area contributed by atoms with Gasteiger partial charge in [0, 0.05) is 19.6 Å². The number of hydrogen-bond acceptors (Lipinski definition) is 4. The van der Waals surface area contributed by atoms with Crippen LogP contribution in [0.5, 0.6) is 0 Å². The zero-order valence-electron chi connectivity index (χ0n) is 12.2. The molecule has 2 N–H and O–H groups in total. The number of rotatable bonds is 3. The van der Waals surface area contributed by atoms with E-state index in [1.54, 1.807) is 18.2 Å². The van der Waals surface area contributed by atoms with Crippen molar-refractivity contribution in [3.8, 4) is 0 Å². The molecule has 1 aliphatic heterocycles. The van der Waals surface area contributed by atoms with Crippen molar-refractivity contribution in [3.63, 3.8) is 0 Å². The van der Waals surface area contributed by atoms with Crippen LogP contribution in [0.4, 0.5) is 0 Å². The molecule has 1 aromatic carbocycles. The van der Waals surface area contributed by atoms with Crippen molar-refractivity contribution >= 4 is 10.0 Å². The molecular formula is C14H22N2O3S. The third-order valence-electron chi connectivity index (χ3n) is 3.34. The van der Waals surface area contributed by atoms with E-state index in [2.05, 4.69) is 0 Å². The molecule has 0 aliphatic carbocycles. The minimum absolute atomic E-state index is 0.265. The highest BCUT2D eigenvalue weighted by molar-refractivity contribution is 7.89. The number of morpholine rings is 1. The van der Waals surface area contributed by atoms with E-state index in [0.717, 1.165) is 5.56 Å². The minimum atomic E-state index is -3.50. The monoisotopic (exact) mass is 298 g/mol. The minimum Gasteiger partial charge on any atom is -0.368 e. The lowest BCUT2D eigenvalue weighted by atomic mass is 10.1. The lowest BCUT2D eigenvalue weighted by Gasteiger charge is -2.41. The maximum atomic E-state index is 12.7. The van der Waals surface area contributed by atoms with Gasteiger partial charge in [-0.05, 0) is 38.5 Å². The molecular weight excluding hydrogens is 276 g/mol. The molecule has 0 radical (unpaired) electrons. The van der Waals surface area contributed by atoms with E-state index in [-0.39, 0.29) is 6.10 Å². The molecule has 1 atom stereocenters. The van der Waals surface area contributed by atoms with Crippen LogP contribution in [0.25, 0.3) is 0 Å². The number of ether oxygens (including phenoxy) is 1. The average Bonchev–Trinajstić information content (AvgIpc) is 2.36. The van der Waals surface area contributed by atoms with E-state index in [0.29, 0.717) is 24.5 Å². The maximum absolute atomic E-state index is 12.7. The summed E-state index contributed by atoms with van der Waals surface area (Å²) in [6, 6.07) is 6.96. The summed E-state index contributed by atoms with van der Waals surface area (Å²) in [4.78, 5) is 0.325. The summed E-state index contributed by atoms with van der Waals surface area (Å²) in [6.45, 7) is 6.59. The van der Waals surface area contributed by atoms with E-state index < -0.39 is 15.6 Å². The molecule has 0 aromatic heterocycles. The largest absolute Gasteiger partial charge is 0.368 e. The third-order valence-corrected chi connectivity index (χ3v) is 5.15. The van der Waals surface area contributed by atoms with Crippen LogP contribution in [0.1, 0.15) is 19.4 Å². The highest BCUT2D eigenvalue weighted by Gasteiger charge is 2.38. The number of benzene rings is 1. The van der Waals surface area contributed by atoms with E-state index in [1.165, 1.54) is 4.31 Å². The van der Waals surface area contributed by atoms with Crippen molar-refractivity contribution < 1.29 is 13.2 Å². The number of nitrogens with two attached hydrogens (primary N) is 1. The SMILES string of the molecule is Cc1cccc(S(=O)(=O)N2CC(CN)OC(C)(C)C2)c1. The molecule has 20 heavy (non-hydrogen) atoms. The van der Waals surface area contributed by atoms with Gasteiger partial charge in [0.25, 0.3) is 0 Å². The van der Waals surface area contributed by atoms with E-state index in [9.17, 15) is 8.42 Å². The van der Waals surface area contributed by atoms with Gasteiger partial charge in [-0.3, -0.25) is 0 Å². The summed E-state index contributed by atoms with van der Waals surface area (Å²) in [7, 11) is -3.50. The Bertz CT molecular complexity index is 584. The van der Waals surface area contributed by atoms with Crippen LogP contribution in [0.15, 0.2) is 29.2 Å². The smallest absolute Gasteiger partial charge is 0.243 e. The normalized spacial score (nSPS) is 23.7. The van der Waals surface area contributed by atoms with Crippen LogP contribution >= 0.6 is 0 Å². The molecule has 6 heteroatoms. The summed E-state index contributed by atoms with van der Waals surface area (Å²) >= 11 is 0. The molecule has 0 saturated carbocycles. The van der Waals surface area contributed by atoms with Gasteiger partial charge in [-0.15, -0.1) is 0 Å². The fraction of sp³-hybridized carbons (Fsp3) is 0.571. The number of hydrogen-bond donors (Lipinski definition) is 1. The molecule has 0 spiro atoms. The molecule has 1 aromatic rings. The zero-order valence-corrected chi connectivity index (χ0v) is 13.0. The second kappa shape index (κ2) is 5.44. The summed E-state index contributed by atoms with van der Waals surface area (Å²) < 4.78 is 32.7. The first-order chi connectivity index (χ1) is 9.24. The topological polar surface area (TPSA) is 72.6 Å². The van der Waals surface area contributed by atoms with Gasteiger partial charge in [0.05, 0.1) is 16.6 Å². The lowest BCUT2D eigenvalue weighted by molar-refractivity contribution is -0.112. The average molecular weight is 298 g/mol. The van der Waals surface area contributed by atoms with Gasteiger partial charge in [-0.2, -0.15) is 4.31 Å². The maximum Gasteiger partial charge on any atom is 0.243 e. The van der Waals surface area contributed by atoms with Gasteiger partial charge < -0.3 is 10.5 Å². The van der Waals surface area contributed by atoms with Crippen LogP contribution in [-0.2, 0) is 14.8 Å². The Morgan fingerprint density at radius 3 is 2.75 bits per heavy atom. The van der Waals surface area contributed by atoms with Crippen molar-refractivity contribution in [1.82, 2.24) is 4.31 Å². The van der Waals surface area contributed by atoms with Crippen LogP contribution in [0.2, 0.25) is 0 Å². The first-order valence-electron chi connectivity index (χ1n) is 6.69. The Kier molecular flexibility index (Phi) is 4.20. The van der Waals surface area contributed by atoms with Gasteiger partial charge in [-0.1, -0.05) is 12.1 Å². The molecule has 5 nitrogen and oxygen atoms in total. The Morgan fingerprint density at radius 1 is 1.45 bits per heavy atom. The van der Waals surface area contributed by atoms with Crippen molar-refractivity contribution in [1.29, 1.82) is 0 Å². The fourth-order valence-electron chi connectivity index (χ4n) is 2.47. The molecule has 0 bridgehead atoms. The Morgan fingerprint density at radius 2 is 2.15 bits per heavy atom. The molecule has 1 fully saturated rings. The highest BCUT2D eigenvalue weighted by atomic mass is 32.2. The van der Waals surface area contributed by atoms with Gasteiger partial charge in [0.1, 0.15) is 0 Å². The zero-order chi connectivity index (χ0) is 15.0. The quantitative estimate of drug-likeness (QED) is 0.907.